The summed E-state index contributed by atoms with van der Waals surface area (Å²) in [4.78, 5) is 2.34. The number of halogens is 1. The first-order valence-electron chi connectivity index (χ1n) is 6.34. The molecule has 0 saturated carbocycles. The van der Waals surface area contributed by atoms with Gasteiger partial charge in [0.05, 0.1) is 13.2 Å². The van der Waals surface area contributed by atoms with Gasteiger partial charge in [0.15, 0.2) is 0 Å². The van der Waals surface area contributed by atoms with Crippen LogP contribution in [-0.4, -0.2) is 44.8 Å². The van der Waals surface area contributed by atoms with Gasteiger partial charge in [-0.1, -0.05) is 23.7 Å². The van der Waals surface area contributed by atoms with Crippen molar-refractivity contribution >= 4 is 11.6 Å². The summed E-state index contributed by atoms with van der Waals surface area (Å²) in [7, 11) is 2.14. The molecule has 0 radical (unpaired) electrons. The molecular formula is C14H21ClN2O. The maximum Gasteiger partial charge on any atom is 0.0569 e. The zero-order valence-corrected chi connectivity index (χ0v) is 11.6. The van der Waals surface area contributed by atoms with Gasteiger partial charge in [-0.3, -0.25) is 0 Å². The number of hydrogen-bond donors (Lipinski definition) is 1. The summed E-state index contributed by atoms with van der Waals surface area (Å²) in [6, 6.07) is 8.05. The molecule has 0 aliphatic carbocycles. The lowest BCUT2D eigenvalue weighted by Crippen LogP contribution is -2.54. The first-order chi connectivity index (χ1) is 8.63. The summed E-state index contributed by atoms with van der Waals surface area (Å²) in [6.07, 6.45) is 1.04. The van der Waals surface area contributed by atoms with Crippen LogP contribution in [0.1, 0.15) is 5.56 Å². The van der Waals surface area contributed by atoms with E-state index in [9.17, 15) is 0 Å². The van der Waals surface area contributed by atoms with Crippen molar-refractivity contribution in [2.45, 2.75) is 6.42 Å². The number of ether oxygens (including phenoxy) is 1. The maximum absolute atomic E-state index is 5.87. The van der Waals surface area contributed by atoms with Crippen LogP contribution in [0.15, 0.2) is 24.3 Å². The van der Waals surface area contributed by atoms with E-state index in [0.717, 1.165) is 37.7 Å². The molecule has 0 bridgehead atoms. The molecule has 1 aliphatic rings. The number of nitrogens with zero attached hydrogens (tertiary/aromatic N) is 1. The molecule has 0 amide bonds. The molecule has 4 heteroatoms. The van der Waals surface area contributed by atoms with Gasteiger partial charge in [-0.25, -0.2) is 0 Å². The largest absolute Gasteiger partial charge is 0.380 e. The fraction of sp³-hybridized carbons (Fsp3) is 0.571. The van der Waals surface area contributed by atoms with E-state index in [4.69, 9.17) is 22.1 Å². The Bertz CT molecular complexity index is 370. The van der Waals surface area contributed by atoms with Gasteiger partial charge < -0.3 is 15.4 Å². The minimum Gasteiger partial charge on any atom is -0.380 e. The number of benzene rings is 1. The number of nitrogens with two attached hydrogens (primary N) is 1. The molecule has 0 spiro atoms. The van der Waals surface area contributed by atoms with Gasteiger partial charge in [-0.05, 0) is 31.2 Å². The van der Waals surface area contributed by atoms with E-state index in [1.165, 1.54) is 5.56 Å². The average molecular weight is 269 g/mol. The zero-order valence-electron chi connectivity index (χ0n) is 10.9. The van der Waals surface area contributed by atoms with Gasteiger partial charge in [0, 0.05) is 30.1 Å². The van der Waals surface area contributed by atoms with Crippen LogP contribution in [0.25, 0.3) is 0 Å². The van der Waals surface area contributed by atoms with E-state index >= 15 is 0 Å². The Morgan fingerprint density at radius 2 is 2.00 bits per heavy atom. The molecule has 1 aliphatic heterocycles. The van der Waals surface area contributed by atoms with Crippen LogP contribution in [-0.2, 0) is 11.2 Å². The van der Waals surface area contributed by atoms with Crippen molar-refractivity contribution in [3.05, 3.63) is 34.9 Å². The van der Waals surface area contributed by atoms with Crippen molar-refractivity contribution in [3.63, 3.8) is 0 Å². The molecule has 0 atom stereocenters. The average Bonchev–Trinajstić information content (AvgIpc) is 2.33. The standard InChI is InChI=1S/C14H21ClN2O/c1-17(9-14(8-16)10-18-11-14)7-6-12-2-4-13(15)5-3-12/h2-5H,6-11,16H2,1H3. The molecule has 0 aromatic heterocycles. The molecule has 0 unspecified atom stereocenters. The molecule has 2 N–H and O–H groups in total. The lowest BCUT2D eigenvalue weighted by atomic mass is 9.85. The van der Waals surface area contributed by atoms with Crippen molar-refractivity contribution < 1.29 is 4.74 Å². The van der Waals surface area contributed by atoms with Crippen LogP contribution >= 0.6 is 11.6 Å². The topological polar surface area (TPSA) is 38.5 Å². The first kappa shape index (κ1) is 13.8. The number of likely N-dealkylation sites (N-methyl/N-ethyl adjacent to an activating group) is 1. The van der Waals surface area contributed by atoms with Crippen LogP contribution in [0.5, 0.6) is 0 Å². The summed E-state index contributed by atoms with van der Waals surface area (Å²) in [5.74, 6) is 0. The van der Waals surface area contributed by atoms with Gasteiger partial charge in [-0.15, -0.1) is 0 Å². The van der Waals surface area contributed by atoms with Crippen LogP contribution in [0.2, 0.25) is 5.02 Å². The Morgan fingerprint density at radius 1 is 1.33 bits per heavy atom. The molecule has 1 heterocycles. The maximum atomic E-state index is 5.87. The van der Waals surface area contributed by atoms with Gasteiger partial charge in [0.1, 0.15) is 0 Å². The Morgan fingerprint density at radius 3 is 2.50 bits per heavy atom. The van der Waals surface area contributed by atoms with Crippen molar-refractivity contribution in [1.82, 2.24) is 4.90 Å². The summed E-state index contributed by atoms with van der Waals surface area (Å²) in [5.41, 5.74) is 7.33. The fourth-order valence-corrected chi connectivity index (χ4v) is 2.41. The highest BCUT2D eigenvalue weighted by Crippen LogP contribution is 2.26. The van der Waals surface area contributed by atoms with Crippen LogP contribution < -0.4 is 5.73 Å². The lowest BCUT2D eigenvalue weighted by Gasteiger charge is -2.43. The molecule has 3 nitrogen and oxygen atoms in total. The summed E-state index contributed by atoms with van der Waals surface area (Å²) in [5, 5.41) is 0.792. The second-order valence-corrected chi connectivity index (χ2v) is 5.75. The summed E-state index contributed by atoms with van der Waals surface area (Å²) in [6.45, 7) is 4.35. The van der Waals surface area contributed by atoms with Gasteiger partial charge >= 0.3 is 0 Å². The fourth-order valence-electron chi connectivity index (χ4n) is 2.29. The highest BCUT2D eigenvalue weighted by atomic mass is 35.5. The normalized spacial score (nSPS) is 17.8. The minimum absolute atomic E-state index is 0.189. The predicted molar refractivity (Wildman–Crippen MR) is 75.0 cm³/mol. The first-order valence-corrected chi connectivity index (χ1v) is 6.72. The molecular weight excluding hydrogens is 248 g/mol. The molecule has 1 aromatic rings. The summed E-state index contributed by atoms with van der Waals surface area (Å²) >= 11 is 5.87. The number of rotatable bonds is 6. The van der Waals surface area contributed by atoms with Crippen molar-refractivity contribution in [2.75, 3.05) is 39.9 Å². The van der Waals surface area contributed by atoms with Gasteiger partial charge in [0.25, 0.3) is 0 Å². The van der Waals surface area contributed by atoms with Crippen LogP contribution in [0.4, 0.5) is 0 Å². The molecule has 100 valence electrons. The quantitative estimate of drug-likeness (QED) is 0.855. The highest BCUT2D eigenvalue weighted by molar-refractivity contribution is 6.30. The summed E-state index contributed by atoms with van der Waals surface area (Å²) < 4.78 is 5.28. The second kappa shape index (κ2) is 6.02. The van der Waals surface area contributed by atoms with Crippen molar-refractivity contribution in [1.29, 1.82) is 0 Å². The minimum atomic E-state index is 0.189. The lowest BCUT2D eigenvalue weighted by molar-refractivity contribution is -0.117. The Kier molecular flexibility index (Phi) is 4.62. The van der Waals surface area contributed by atoms with Gasteiger partial charge in [0.2, 0.25) is 0 Å². The smallest absolute Gasteiger partial charge is 0.0569 e. The monoisotopic (exact) mass is 268 g/mol. The van der Waals surface area contributed by atoms with E-state index < -0.39 is 0 Å². The molecule has 18 heavy (non-hydrogen) atoms. The SMILES string of the molecule is CN(CCc1ccc(Cl)cc1)CC1(CN)COC1. The Balaban J connectivity index is 1.77. The highest BCUT2D eigenvalue weighted by Gasteiger charge is 2.37. The van der Waals surface area contributed by atoms with Crippen molar-refractivity contribution in [3.8, 4) is 0 Å². The van der Waals surface area contributed by atoms with E-state index in [1.807, 2.05) is 12.1 Å². The second-order valence-electron chi connectivity index (χ2n) is 5.31. The third-order valence-corrected chi connectivity index (χ3v) is 3.80. The third-order valence-electron chi connectivity index (χ3n) is 3.55. The Hall–Kier alpha value is -0.610. The molecule has 2 rings (SSSR count). The Labute approximate surface area is 114 Å². The van der Waals surface area contributed by atoms with Crippen LogP contribution in [0.3, 0.4) is 0 Å². The third kappa shape index (κ3) is 3.45. The predicted octanol–water partition coefficient (Wildman–Crippen LogP) is 1.79. The molecule has 1 saturated heterocycles. The van der Waals surface area contributed by atoms with E-state index in [0.29, 0.717) is 6.54 Å². The van der Waals surface area contributed by atoms with E-state index in [1.54, 1.807) is 0 Å². The zero-order chi connectivity index (χ0) is 13.0. The van der Waals surface area contributed by atoms with E-state index in [-0.39, 0.29) is 5.41 Å². The number of hydrogen-bond acceptors (Lipinski definition) is 3. The molecule has 1 aromatic carbocycles. The van der Waals surface area contributed by atoms with Gasteiger partial charge in [-0.2, -0.15) is 0 Å². The van der Waals surface area contributed by atoms with Crippen molar-refractivity contribution in [2.24, 2.45) is 11.1 Å². The molecule has 1 fully saturated rings. The van der Waals surface area contributed by atoms with E-state index in [2.05, 4.69) is 24.1 Å². The van der Waals surface area contributed by atoms with Crippen LogP contribution in [0, 0.1) is 5.41 Å².